The fourth-order valence-corrected chi connectivity index (χ4v) is 8.17. The number of nitrogens with zero attached hydrogens (tertiary/aromatic N) is 4. The lowest BCUT2D eigenvalue weighted by Gasteiger charge is -2.34. The molecule has 0 aliphatic carbocycles. The van der Waals surface area contributed by atoms with Gasteiger partial charge in [-0.25, -0.2) is 8.78 Å². The van der Waals surface area contributed by atoms with Crippen LogP contribution in [0, 0.1) is 5.82 Å². The molecule has 4 saturated heterocycles. The van der Waals surface area contributed by atoms with Crippen molar-refractivity contribution in [2.24, 2.45) is 0 Å². The number of phenols is 1. The number of aromatic hydroxyl groups is 1. The lowest BCUT2D eigenvalue weighted by Crippen LogP contribution is -2.51. The molecule has 2 bridgehead atoms. The highest BCUT2D eigenvalue weighted by Gasteiger charge is 2.49. The summed E-state index contributed by atoms with van der Waals surface area (Å²) >= 11 is 7.06. The van der Waals surface area contributed by atoms with E-state index in [4.69, 9.17) is 26.3 Å². The molecule has 8 rings (SSSR count). The second-order valence-corrected chi connectivity index (χ2v) is 12.8. The maximum atomic E-state index is 16.1. The third-order valence-corrected chi connectivity index (χ3v) is 10.1. The number of ether oxygens (including phenoxy) is 1. The maximum absolute atomic E-state index is 16.1. The van der Waals surface area contributed by atoms with Crippen LogP contribution in [0.2, 0.25) is 5.02 Å². The van der Waals surface area contributed by atoms with Crippen LogP contribution in [0.4, 0.5) is 14.6 Å². The number of halogens is 3. The van der Waals surface area contributed by atoms with E-state index in [0.29, 0.717) is 47.3 Å². The van der Waals surface area contributed by atoms with Crippen molar-refractivity contribution in [1.29, 1.82) is 0 Å². The van der Waals surface area contributed by atoms with Gasteiger partial charge in [0.25, 0.3) is 0 Å². The first kappa shape index (κ1) is 26.4. The number of hydrogen-bond donors (Lipinski definition) is 2. The molecule has 4 fully saturated rings. The number of hydrogen-bond acceptors (Lipinski definition) is 7. The first-order chi connectivity index (χ1) is 20.4. The van der Waals surface area contributed by atoms with Crippen LogP contribution in [0.15, 0.2) is 42.5 Å². The molecule has 10 heteroatoms. The molecule has 218 valence electrons. The molecule has 0 spiro atoms. The zero-order valence-corrected chi connectivity index (χ0v) is 23.9. The summed E-state index contributed by atoms with van der Waals surface area (Å²) in [7, 11) is 0. The molecule has 0 amide bonds. The number of nitrogens with one attached hydrogen (secondary N) is 1. The van der Waals surface area contributed by atoms with Crippen LogP contribution in [-0.2, 0) is 0 Å². The standard InChI is InChI=1S/C32H32ClF2N5O2/c33-28-27(24-11-22(41)10-18-4-1-2-5-23(18)24)26(35)12-25-29(28)37-31(38-30(25)39-15-20-6-7-21(16-39)36-20)42-17-32-8-3-9-40(32)14-19(34)13-32/h1-2,4-5,10-12,19-21,36,41H,3,6-9,13-17H2/t19-,20?,21?,32+/m1/s1. The number of fused-ring (bicyclic) bond motifs is 5. The average Bonchev–Trinajstić information content (AvgIpc) is 3.62. The highest BCUT2D eigenvalue weighted by atomic mass is 35.5. The topological polar surface area (TPSA) is 73.8 Å². The molecule has 4 aliphatic rings. The summed E-state index contributed by atoms with van der Waals surface area (Å²) in [6.45, 7) is 3.06. The van der Waals surface area contributed by atoms with Crippen molar-refractivity contribution in [2.45, 2.75) is 55.9 Å². The lowest BCUT2D eigenvalue weighted by atomic mass is 9.95. The zero-order valence-electron chi connectivity index (χ0n) is 23.1. The Morgan fingerprint density at radius 3 is 2.71 bits per heavy atom. The van der Waals surface area contributed by atoms with Crippen LogP contribution in [0.25, 0.3) is 32.8 Å². The number of piperazine rings is 1. The molecular weight excluding hydrogens is 560 g/mol. The number of alkyl halides is 1. The second-order valence-electron chi connectivity index (χ2n) is 12.4. The number of aromatic nitrogens is 2. The van der Waals surface area contributed by atoms with Gasteiger partial charge in [-0.1, -0.05) is 35.9 Å². The van der Waals surface area contributed by atoms with Crippen molar-refractivity contribution >= 4 is 39.1 Å². The summed E-state index contributed by atoms with van der Waals surface area (Å²) in [5.74, 6) is 0.100. The zero-order chi connectivity index (χ0) is 28.6. The molecule has 2 N–H and O–H groups in total. The van der Waals surface area contributed by atoms with Crippen LogP contribution in [0.3, 0.4) is 0 Å². The van der Waals surface area contributed by atoms with Gasteiger partial charge in [-0.2, -0.15) is 9.97 Å². The van der Waals surface area contributed by atoms with Crippen molar-refractivity contribution in [3.8, 4) is 22.9 Å². The van der Waals surface area contributed by atoms with Crippen molar-refractivity contribution < 1.29 is 18.6 Å². The monoisotopic (exact) mass is 591 g/mol. The van der Waals surface area contributed by atoms with Gasteiger partial charge in [0.15, 0.2) is 0 Å². The summed E-state index contributed by atoms with van der Waals surface area (Å²) in [6.07, 6.45) is 3.62. The third-order valence-electron chi connectivity index (χ3n) is 9.71. The quantitative estimate of drug-likeness (QED) is 0.302. The minimum Gasteiger partial charge on any atom is -0.508 e. The Balaban J connectivity index is 1.27. The molecule has 0 saturated carbocycles. The van der Waals surface area contributed by atoms with E-state index in [1.807, 2.05) is 24.3 Å². The summed E-state index contributed by atoms with van der Waals surface area (Å²) in [6, 6.07) is 13.0. The molecule has 42 heavy (non-hydrogen) atoms. The summed E-state index contributed by atoms with van der Waals surface area (Å²) in [4.78, 5) is 14.0. The largest absolute Gasteiger partial charge is 0.508 e. The SMILES string of the molecule is Oc1cc(-c2c(F)cc3c(N4CC5CCC(C4)N5)nc(OC[C@@]45CCCN4C[C@H](F)C5)nc3c2Cl)c2ccccc2c1. The average molecular weight is 592 g/mol. The van der Waals surface area contributed by atoms with Gasteiger partial charge in [0.05, 0.1) is 16.1 Å². The number of phenolic OH excluding ortho intramolecular Hbond substituents is 1. The Morgan fingerprint density at radius 2 is 1.88 bits per heavy atom. The van der Waals surface area contributed by atoms with E-state index in [2.05, 4.69) is 15.1 Å². The number of rotatable bonds is 5. The molecule has 3 aromatic carbocycles. The molecule has 2 unspecified atom stereocenters. The lowest BCUT2D eigenvalue weighted by molar-refractivity contribution is 0.107. The van der Waals surface area contributed by atoms with Gasteiger partial charge < -0.3 is 20.1 Å². The Hall–Kier alpha value is -3.27. The van der Waals surface area contributed by atoms with Crippen LogP contribution in [0.5, 0.6) is 11.8 Å². The van der Waals surface area contributed by atoms with Crippen LogP contribution in [-0.4, -0.2) is 76.6 Å². The highest BCUT2D eigenvalue weighted by molar-refractivity contribution is 6.38. The molecule has 4 atom stereocenters. The molecule has 7 nitrogen and oxygen atoms in total. The Kier molecular flexibility index (Phi) is 6.21. The van der Waals surface area contributed by atoms with Crippen molar-refractivity contribution in [2.75, 3.05) is 37.7 Å². The fourth-order valence-electron chi connectivity index (χ4n) is 7.83. The first-order valence-corrected chi connectivity index (χ1v) is 15.2. The summed E-state index contributed by atoms with van der Waals surface area (Å²) in [5, 5.41) is 16.3. The van der Waals surface area contributed by atoms with Crippen LogP contribution >= 0.6 is 11.6 Å². The first-order valence-electron chi connectivity index (χ1n) is 14.8. The molecule has 1 aromatic heterocycles. The molecule has 4 aliphatic heterocycles. The van der Waals surface area contributed by atoms with Crippen LogP contribution < -0.4 is 15.0 Å². The predicted molar refractivity (Wildman–Crippen MR) is 160 cm³/mol. The molecule has 0 radical (unpaired) electrons. The molecule has 4 aromatic rings. The second kappa shape index (κ2) is 9.89. The minimum atomic E-state index is -0.865. The van der Waals surface area contributed by atoms with Crippen molar-refractivity contribution in [3.05, 3.63) is 53.3 Å². The normalized spacial score (nSPS) is 27.3. The van der Waals surface area contributed by atoms with E-state index in [1.165, 1.54) is 12.1 Å². The van der Waals surface area contributed by atoms with Gasteiger partial charge in [0.1, 0.15) is 30.2 Å². The summed E-state index contributed by atoms with van der Waals surface area (Å²) in [5.41, 5.74) is 0.689. The van der Waals surface area contributed by atoms with Crippen molar-refractivity contribution in [1.82, 2.24) is 20.2 Å². The Bertz CT molecular complexity index is 1710. The third kappa shape index (κ3) is 4.28. The molecule has 5 heterocycles. The van der Waals surface area contributed by atoms with E-state index in [9.17, 15) is 9.50 Å². The van der Waals surface area contributed by atoms with E-state index in [-0.39, 0.29) is 34.5 Å². The van der Waals surface area contributed by atoms with Gasteiger partial charge in [-0.3, -0.25) is 4.90 Å². The van der Waals surface area contributed by atoms with E-state index in [0.717, 1.165) is 56.1 Å². The number of benzene rings is 3. The van der Waals surface area contributed by atoms with Gasteiger partial charge in [0, 0.05) is 49.1 Å². The summed E-state index contributed by atoms with van der Waals surface area (Å²) < 4.78 is 36.9. The smallest absolute Gasteiger partial charge is 0.319 e. The minimum absolute atomic E-state index is 0.0195. The van der Waals surface area contributed by atoms with Gasteiger partial charge in [-0.15, -0.1) is 0 Å². The van der Waals surface area contributed by atoms with Gasteiger partial charge >= 0.3 is 6.01 Å². The van der Waals surface area contributed by atoms with Gasteiger partial charge in [0.2, 0.25) is 0 Å². The van der Waals surface area contributed by atoms with E-state index >= 15 is 4.39 Å². The fraction of sp³-hybridized carbons (Fsp3) is 0.438. The van der Waals surface area contributed by atoms with Crippen molar-refractivity contribution in [3.63, 3.8) is 0 Å². The van der Waals surface area contributed by atoms with E-state index in [1.54, 1.807) is 6.07 Å². The predicted octanol–water partition coefficient (Wildman–Crippen LogP) is 5.84. The highest BCUT2D eigenvalue weighted by Crippen LogP contribution is 2.44. The number of anilines is 1. The van der Waals surface area contributed by atoms with E-state index < -0.39 is 12.0 Å². The maximum Gasteiger partial charge on any atom is 0.319 e. The van der Waals surface area contributed by atoms with Gasteiger partial charge in [-0.05, 0) is 66.8 Å². The molecular formula is C32H32ClF2N5O2. The van der Waals surface area contributed by atoms with Crippen LogP contribution in [0.1, 0.15) is 32.1 Å². The Labute approximate surface area is 247 Å². The Morgan fingerprint density at radius 1 is 1.07 bits per heavy atom.